The first-order valence-electron chi connectivity index (χ1n) is 12.1. The van der Waals surface area contributed by atoms with E-state index >= 15 is 0 Å². The predicted molar refractivity (Wildman–Crippen MR) is 130 cm³/mol. The number of rotatable bonds is 17. The number of esters is 1. The topological polar surface area (TPSA) is 120 Å². The molecular formula is C24H38N2O8S. The van der Waals surface area contributed by atoms with E-state index in [4.69, 9.17) is 18.9 Å². The molecule has 11 heteroatoms. The van der Waals surface area contributed by atoms with E-state index in [1.807, 2.05) is 24.3 Å². The Hall–Kier alpha value is -2.37. The summed E-state index contributed by atoms with van der Waals surface area (Å²) in [6.07, 6.45) is 2.05. The highest BCUT2D eigenvalue weighted by molar-refractivity contribution is 7.89. The zero-order valence-corrected chi connectivity index (χ0v) is 21.7. The second-order valence-corrected chi connectivity index (χ2v) is 10.3. The molecule has 1 aromatic rings. The fourth-order valence-corrected chi connectivity index (χ4v) is 4.47. The molecule has 0 spiro atoms. The highest BCUT2D eigenvalue weighted by atomic mass is 32.2. The summed E-state index contributed by atoms with van der Waals surface area (Å²) in [5.74, 6) is 0.826. The largest absolute Gasteiger partial charge is 0.493 e. The van der Waals surface area contributed by atoms with Gasteiger partial charge in [0.15, 0.2) is 0 Å². The smallest absolute Gasteiger partial charge is 0.411 e. The van der Waals surface area contributed by atoms with Gasteiger partial charge in [-0.1, -0.05) is 12.1 Å². The van der Waals surface area contributed by atoms with Crippen LogP contribution in [0, 0.1) is 5.92 Å². The van der Waals surface area contributed by atoms with E-state index in [1.54, 1.807) is 20.8 Å². The summed E-state index contributed by atoms with van der Waals surface area (Å²) in [5, 5.41) is 0. The molecule has 10 nitrogen and oxygen atoms in total. The fraction of sp³-hybridized carbons (Fsp3) is 0.667. The summed E-state index contributed by atoms with van der Waals surface area (Å²) in [6, 6.07) is 7.04. The molecule has 0 saturated heterocycles. The van der Waals surface area contributed by atoms with Crippen LogP contribution in [0.1, 0.15) is 58.1 Å². The summed E-state index contributed by atoms with van der Waals surface area (Å²) >= 11 is 0. The van der Waals surface area contributed by atoms with Crippen LogP contribution in [-0.2, 0) is 29.0 Å². The van der Waals surface area contributed by atoms with Crippen LogP contribution in [0.5, 0.6) is 5.75 Å². The van der Waals surface area contributed by atoms with Crippen LogP contribution in [-0.4, -0.2) is 70.8 Å². The van der Waals surface area contributed by atoms with E-state index in [-0.39, 0.29) is 51.7 Å². The van der Waals surface area contributed by atoms with Crippen molar-refractivity contribution < 1.29 is 37.0 Å². The van der Waals surface area contributed by atoms with Crippen molar-refractivity contribution in [2.75, 3.05) is 45.5 Å². The van der Waals surface area contributed by atoms with Crippen molar-refractivity contribution in [1.29, 1.82) is 0 Å². The van der Waals surface area contributed by atoms with Gasteiger partial charge in [-0.05, 0) is 63.6 Å². The first-order chi connectivity index (χ1) is 16.7. The van der Waals surface area contributed by atoms with E-state index in [0.29, 0.717) is 12.5 Å². The number of sulfonamides is 1. The number of benzene rings is 1. The molecule has 0 unspecified atom stereocenters. The van der Waals surface area contributed by atoms with Crippen molar-refractivity contribution in [3.8, 4) is 5.75 Å². The number of nitrogens with one attached hydrogen (secondary N) is 1. The minimum atomic E-state index is -3.55. The summed E-state index contributed by atoms with van der Waals surface area (Å²) in [4.78, 5) is 24.9. The van der Waals surface area contributed by atoms with E-state index in [9.17, 15) is 18.0 Å². The molecule has 0 bridgehead atoms. The molecule has 0 heterocycles. The molecule has 1 amide bonds. The SMILES string of the molecule is CCOC(=O)CCN(COCCCS(=O)(=O)N[C@H](C)c1cccc(OCC2CC2)c1)C(=O)OCC. The Balaban J connectivity index is 1.74. The lowest BCUT2D eigenvalue weighted by atomic mass is 10.1. The minimum absolute atomic E-state index is 0.0129. The van der Waals surface area contributed by atoms with Gasteiger partial charge >= 0.3 is 12.1 Å². The third kappa shape index (κ3) is 11.7. The molecular weight excluding hydrogens is 476 g/mol. The summed E-state index contributed by atoms with van der Waals surface area (Å²) in [7, 11) is -3.55. The lowest BCUT2D eigenvalue weighted by Gasteiger charge is -2.21. The average Bonchev–Trinajstić information content (AvgIpc) is 3.64. The van der Waals surface area contributed by atoms with Gasteiger partial charge < -0.3 is 18.9 Å². The van der Waals surface area contributed by atoms with Gasteiger partial charge in [-0.3, -0.25) is 9.69 Å². The molecule has 0 radical (unpaired) electrons. The maximum absolute atomic E-state index is 12.5. The Labute approximate surface area is 208 Å². The Morgan fingerprint density at radius 1 is 1.17 bits per heavy atom. The van der Waals surface area contributed by atoms with Crippen LogP contribution in [0.25, 0.3) is 0 Å². The van der Waals surface area contributed by atoms with Crippen molar-refractivity contribution in [3.05, 3.63) is 29.8 Å². The Bertz CT molecular complexity index is 905. The summed E-state index contributed by atoms with van der Waals surface area (Å²) in [6.45, 7) is 6.40. The standard InChI is InChI=1S/C24H38N2O8S/c1-4-32-23(27)12-13-26(24(28)33-5-2)18-31-14-7-15-35(29,30)25-19(3)21-8-6-9-22(16-21)34-17-20-10-11-20/h6,8-9,16,19-20,25H,4-5,7,10-15,17-18H2,1-3H3/t19-/m1/s1. The van der Waals surface area contributed by atoms with Crippen molar-refractivity contribution in [1.82, 2.24) is 9.62 Å². The molecule has 1 aliphatic rings. The molecule has 198 valence electrons. The van der Waals surface area contributed by atoms with Crippen molar-refractivity contribution in [3.63, 3.8) is 0 Å². The number of ether oxygens (including phenoxy) is 4. The van der Waals surface area contributed by atoms with Crippen LogP contribution in [0.4, 0.5) is 4.79 Å². The fourth-order valence-electron chi connectivity index (χ4n) is 3.18. The van der Waals surface area contributed by atoms with Gasteiger partial charge in [0.25, 0.3) is 0 Å². The molecule has 1 saturated carbocycles. The summed E-state index contributed by atoms with van der Waals surface area (Å²) in [5.41, 5.74) is 0.824. The Kier molecular flexibility index (Phi) is 12.3. The molecule has 35 heavy (non-hydrogen) atoms. The van der Waals surface area contributed by atoms with Crippen LogP contribution in [0.15, 0.2) is 24.3 Å². The highest BCUT2D eigenvalue weighted by Crippen LogP contribution is 2.30. The van der Waals surface area contributed by atoms with Gasteiger partial charge in [0.1, 0.15) is 12.5 Å². The molecule has 1 aromatic carbocycles. The number of carbonyl (C=O) groups excluding carboxylic acids is 2. The molecule has 1 atom stereocenters. The minimum Gasteiger partial charge on any atom is -0.493 e. The second kappa shape index (κ2) is 14.9. The highest BCUT2D eigenvalue weighted by Gasteiger charge is 2.22. The van der Waals surface area contributed by atoms with Crippen molar-refractivity contribution in [2.45, 2.75) is 52.5 Å². The summed E-state index contributed by atoms with van der Waals surface area (Å²) < 4.78 is 48.8. The maximum Gasteiger partial charge on any atom is 0.411 e. The van der Waals surface area contributed by atoms with E-state index < -0.39 is 28.1 Å². The van der Waals surface area contributed by atoms with Crippen LogP contribution < -0.4 is 9.46 Å². The van der Waals surface area contributed by atoms with Gasteiger partial charge in [0, 0.05) is 19.2 Å². The number of amides is 1. The number of nitrogens with zero attached hydrogens (tertiary/aromatic N) is 1. The Morgan fingerprint density at radius 3 is 2.60 bits per heavy atom. The Morgan fingerprint density at radius 2 is 1.91 bits per heavy atom. The van der Waals surface area contributed by atoms with E-state index in [2.05, 4.69) is 4.72 Å². The van der Waals surface area contributed by atoms with Gasteiger partial charge in [-0.15, -0.1) is 0 Å². The first kappa shape index (κ1) is 28.9. The maximum atomic E-state index is 12.5. The van der Waals surface area contributed by atoms with Gasteiger partial charge in [-0.2, -0.15) is 0 Å². The molecule has 0 aromatic heterocycles. The van der Waals surface area contributed by atoms with Gasteiger partial charge in [0.05, 0.1) is 32.0 Å². The quantitative estimate of drug-likeness (QED) is 0.191. The van der Waals surface area contributed by atoms with E-state index in [1.165, 1.54) is 17.7 Å². The third-order valence-corrected chi connectivity index (χ3v) is 6.80. The monoisotopic (exact) mass is 514 g/mol. The zero-order chi connectivity index (χ0) is 25.7. The van der Waals surface area contributed by atoms with Crippen LogP contribution in [0.3, 0.4) is 0 Å². The number of carbonyl (C=O) groups is 2. The number of hydrogen-bond acceptors (Lipinski definition) is 8. The molecule has 1 N–H and O–H groups in total. The van der Waals surface area contributed by atoms with Crippen molar-refractivity contribution in [2.24, 2.45) is 5.92 Å². The molecule has 0 aliphatic heterocycles. The van der Waals surface area contributed by atoms with Gasteiger partial charge in [0.2, 0.25) is 10.0 Å². The third-order valence-electron chi connectivity index (χ3n) is 5.26. The molecule has 1 fully saturated rings. The zero-order valence-electron chi connectivity index (χ0n) is 20.9. The molecule has 1 aliphatic carbocycles. The van der Waals surface area contributed by atoms with Crippen LogP contribution in [0.2, 0.25) is 0 Å². The lowest BCUT2D eigenvalue weighted by Crippen LogP contribution is -2.36. The first-order valence-corrected chi connectivity index (χ1v) is 13.8. The molecule has 2 rings (SSSR count). The number of hydrogen-bond donors (Lipinski definition) is 1. The van der Waals surface area contributed by atoms with Gasteiger partial charge in [-0.25, -0.2) is 17.9 Å². The lowest BCUT2D eigenvalue weighted by molar-refractivity contribution is -0.143. The van der Waals surface area contributed by atoms with E-state index in [0.717, 1.165) is 11.3 Å². The van der Waals surface area contributed by atoms with Crippen LogP contribution >= 0.6 is 0 Å². The van der Waals surface area contributed by atoms with Crippen molar-refractivity contribution >= 4 is 22.1 Å². The normalized spacial score (nSPS) is 14.3. The second-order valence-electron chi connectivity index (χ2n) is 8.39. The average molecular weight is 515 g/mol. The predicted octanol–water partition coefficient (Wildman–Crippen LogP) is 3.23.